The van der Waals surface area contributed by atoms with Gasteiger partial charge in [0.2, 0.25) is 11.8 Å². The fourth-order valence-electron chi connectivity index (χ4n) is 4.14. The number of fused-ring (bicyclic) bond motifs is 1. The van der Waals surface area contributed by atoms with Gasteiger partial charge in [-0.2, -0.15) is 5.10 Å². The number of anilines is 2. The maximum atomic E-state index is 12.1. The normalized spacial score (nSPS) is 21.5. The number of hydrogen-bond acceptors (Lipinski definition) is 4. The number of rotatable bonds is 2. The summed E-state index contributed by atoms with van der Waals surface area (Å²) >= 11 is 0. The zero-order valence-electron chi connectivity index (χ0n) is 16.3. The molecule has 0 spiro atoms. The first-order valence-corrected chi connectivity index (χ1v) is 9.60. The summed E-state index contributed by atoms with van der Waals surface area (Å²) in [5, 5.41) is 16.9. The summed E-state index contributed by atoms with van der Waals surface area (Å²) in [5.41, 5.74) is 2.70. The van der Waals surface area contributed by atoms with Crippen LogP contribution in [0.2, 0.25) is 0 Å². The summed E-state index contributed by atoms with van der Waals surface area (Å²) in [6.45, 7) is 4.15. The molecule has 2 atom stereocenters. The Bertz CT molecular complexity index is 985. The van der Waals surface area contributed by atoms with Crippen molar-refractivity contribution in [3.05, 3.63) is 30.6 Å². The van der Waals surface area contributed by atoms with Gasteiger partial charge in [0.05, 0.1) is 29.7 Å². The van der Waals surface area contributed by atoms with Crippen molar-refractivity contribution in [2.24, 2.45) is 0 Å². The molecule has 29 heavy (non-hydrogen) atoms. The molecule has 1 fully saturated rings. The molecule has 0 radical (unpaired) electrons. The van der Waals surface area contributed by atoms with Crippen molar-refractivity contribution in [1.82, 2.24) is 15.1 Å². The standard InChI is InChI=1S/C20H23N5O4/c1-12-10-23(20(28)29)18-7-14(3-4-17(18)25(12)13(2)26)15-9-22-24(11-15)16-5-6-21-19(27)8-16/h3-4,7,9,11-12,16H,5-6,8,10H2,1-2H3,(H,21,27)(H,28,29). The number of benzene rings is 1. The zero-order chi connectivity index (χ0) is 20.7. The number of carbonyl (C=O) groups excluding carboxylic acids is 2. The average Bonchev–Trinajstić information content (AvgIpc) is 3.16. The predicted octanol–water partition coefficient (Wildman–Crippen LogP) is 2.24. The molecule has 0 aliphatic carbocycles. The van der Waals surface area contributed by atoms with Gasteiger partial charge in [-0.05, 0) is 31.0 Å². The molecule has 1 saturated heterocycles. The Morgan fingerprint density at radius 2 is 2.03 bits per heavy atom. The van der Waals surface area contributed by atoms with Gasteiger partial charge in [-0.15, -0.1) is 0 Å². The van der Waals surface area contributed by atoms with E-state index in [0.717, 1.165) is 17.5 Å². The number of aromatic nitrogens is 2. The monoisotopic (exact) mass is 397 g/mol. The van der Waals surface area contributed by atoms with E-state index in [-0.39, 0.29) is 30.4 Å². The van der Waals surface area contributed by atoms with Crippen molar-refractivity contribution in [3.63, 3.8) is 0 Å². The Kier molecular flexibility index (Phi) is 4.73. The van der Waals surface area contributed by atoms with Crippen LogP contribution in [0.3, 0.4) is 0 Å². The second kappa shape index (κ2) is 7.23. The lowest BCUT2D eigenvalue weighted by molar-refractivity contribution is -0.123. The number of nitrogens with one attached hydrogen (secondary N) is 1. The Morgan fingerprint density at radius 3 is 2.72 bits per heavy atom. The van der Waals surface area contributed by atoms with Gasteiger partial charge in [-0.25, -0.2) is 4.79 Å². The maximum Gasteiger partial charge on any atom is 0.411 e. The largest absolute Gasteiger partial charge is 0.465 e. The highest BCUT2D eigenvalue weighted by Gasteiger charge is 2.33. The molecule has 1 aromatic carbocycles. The Balaban J connectivity index is 1.70. The van der Waals surface area contributed by atoms with Crippen LogP contribution >= 0.6 is 0 Å². The lowest BCUT2D eigenvalue weighted by Gasteiger charge is -2.39. The number of piperidine rings is 1. The second-order valence-electron chi connectivity index (χ2n) is 7.54. The van der Waals surface area contributed by atoms with E-state index < -0.39 is 6.09 Å². The molecular weight excluding hydrogens is 374 g/mol. The summed E-state index contributed by atoms with van der Waals surface area (Å²) in [7, 11) is 0. The van der Waals surface area contributed by atoms with E-state index in [1.807, 2.05) is 19.2 Å². The molecule has 2 aliphatic rings. The van der Waals surface area contributed by atoms with Crippen molar-refractivity contribution in [3.8, 4) is 11.1 Å². The first-order valence-electron chi connectivity index (χ1n) is 9.60. The van der Waals surface area contributed by atoms with Gasteiger partial charge >= 0.3 is 6.09 Å². The third kappa shape index (κ3) is 3.43. The van der Waals surface area contributed by atoms with Gasteiger partial charge in [0.15, 0.2) is 0 Å². The van der Waals surface area contributed by atoms with Gasteiger partial charge < -0.3 is 15.3 Å². The lowest BCUT2D eigenvalue weighted by atomic mass is 10.0. The number of hydrogen-bond donors (Lipinski definition) is 2. The van der Waals surface area contributed by atoms with E-state index in [1.165, 1.54) is 11.8 Å². The van der Waals surface area contributed by atoms with Crippen LogP contribution in [-0.4, -0.2) is 51.9 Å². The zero-order valence-corrected chi connectivity index (χ0v) is 16.3. The highest BCUT2D eigenvalue weighted by atomic mass is 16.4. The van der Waals surface area contributed by atoms with Crippen molar-refractivity contribution < 1.29 is 19.5 Å². The van der Waals surface area contributed by atoms with Crippen LogP contribution in [-0.2, 0) is 9.59 Å². The molecule has 2 unspecified atom stereocenters. The minimum absolute atomic E-state index is 0.0136. The summed E-state index contributed by atoms with van der Waals surface area (Å²) < 4.78 is 1.80. The van der Waals surface area contributed by atoms with E-state index in [9.17, 15) is 19.5 Å². The fourth-order valence-corrected chi connectivity index (χ4v) is 4.14. The molecule has 9 heteroatoms. The molecule has 0 bridgehead atoms. The first-order chi connectivity index (χ1) is 13.8. The molecule has 1 aromatic heterocycles. The quantitative estimate of drug-likeness (QED) is 0.808. The van der Waals surface area contributed by atoms with Gasteiger partial charge in [0.25, 0.3) is 0 Å². The molecule has 9 nitrogen and oxygen atoms in total. The molecule has 152 valence electrons. The molecule has 2 aromatic rings. The Hall–Kier alpha value is -3.36. The topological polar surface area (TPSA) is 108 Å². The van der Waals surface area contributed by atoms with E-state index in [4.69, 9.17) is 0 Å². The third-order valence-electron chi connectivity index (χ3n) is 5.51. The van der Waals surface area contributed by atoms with E-state index in [0.29, 0.717) is 24.3 Å². The van der Waals surface area contributed by atoms with Crippen LogP contribution in [0, 0.1) is 0 Å². The van der Waals surface area contributed by atoms with E-state index >= 15 is 0 Å². The molecule has 2 aliphatic heterocycles. The van der Waals surface area contributed by atoms with Crippen LogP contribution < -0.4 is 15.1 Å². The van der Waals surface area contributed by atoms with Crippen LogP contribution in [0.25, 0.3) is 11.1 Å². The van der Waals surface area contributed by atoms with Crippen LogP contribution in [0.15, 0.2) is 30.6 Å². The summed E-state index contributed by atoms with van der Waals surface area (Å²) in [6.07, 6.45) is 3.75. The predicted molar refractivity (Wildman–Crippen MR) is 107 cm³/mol. The van der Waals surface area contributed by atoms with Gasteiger partial charge in [0, 0.05) is 38.2 Å². The molecule has 4 rings (SSSR count). The van der Waals surface area contributed by atoms with Gasteiger partial charge in [-0.3, -0.25) is 19.2 Å². The molecule has 2 N–H and O–H groups in total. The van der Waals surface area contributed by atoms with Gasteiger partial charge in [-0.1, -0.05) is 6.07 Å². The van der Waals surface area contributed by atoms with E-state index in [2.05, 4.69) is 10.4 Å². The lowest BCUT2D eigenvalue weighted by Crippen LogP contribution is -2.51. The summed E-state index contributed by atoms with van der Waals surface area (Å²) in [6, 6.07) is 5.19. The van der Waals surface area contributed by atoms with Crippen LogP contribution in [0.4, 0.5) is 16.2 Å². The highest BCUT2D eigenvalue weighted by molar-refractivity contribution is 6.02. The molecule has 3 heterocycles. The molecular formula is C20H23N5O4. The molecule has 3 amide bonds. The van der Waals surface area contributed by atoms with Crippen molar-refractivity contribution in [2.45, 2.75) is 38.8 Å². The van der Waals surface area contributed by atoms with Gasteiger partial charge in [0.1, 0.15) is 0 Å². The molecule has 0 saturated carbocycles. The smallest absolute Gasteiger partial charge is 0.411 e. The number of carbonyl (C=O) groups is 3. The summed E-state index contributed by atoms with van der Waals surface area (Å²) in [5.74, 6) is -0.109. The second-order valence-corrected chi connectivity index (χ2v) is 7.54. The average molecular weight is 397 g/mol. The number of nitrogens with zero attached hydrogens (tertiary/aromatic N) is 4. The maximum absolute atomic E-state index is 12.1. The SMILES string of the molecule is CC(=O)N1c2ccc(-c3cnn(C4CCNC(=O)C4)c3)cc2N(C(=O)O)CC1C. The van der Waals surface area contributed by atoms with Crippen molar-refractivity contribution >= 4 is 29.3 Å². The fraction of sp³-hybridized carbons (Fsp3) is 0.400. The Morgan fingerprint density at radius 1 is 1.24 bits per heavy atom. The van der Waals surface area contributed by atoms with Crippen LogP contribution in [0.5, 0.6) is 0 Å². The van der Waals surface area contributed by atoms with Crippen LogP contribution in [0.1, 0.15) is 32.7 Å². The van der Waals surface area contributed by atoms with Crippen molar-refractivity contribution in [2.75, 3.05) is 22.9 Å². The van der Waals surface area contributed by atoms with Crippen molar-refractivity contribution in [1.29, 1.82) is 0 Å². The number of carboxylic acid groups (broad SMARTS) is 1. The Labute approximate surface area is 167 Å². The summed E-state index contributed by atoms with van der Waals surface area (Å²) in [4.78, 5) is 38.5. The minimum Gasteiger partial charge on any atom is -0.465 e. The highest BCUT2D eigenvalue weighted by Crippen LogP contribution is 2.39. The number of amides is 3. The van der Waals surface area contributed by atoms with E-state index in [1.54, 1.807) is 27.9 Å². The third-order valence-corrected chi connectivity index (χ3v) is 5.51. The first kappa shape index (κ1) is 19.0. The minimum atomic E-state index is -1.05.